The molecule has 0 aliphatic rings. The first kappa shape index (κ1) is 15.8. The molecule has 0 aliphatic carbocycles. The van der Waals surface area contributed by atoms with Gasteiger partial charge in [0.2, 0.25) is 5.91 Å². The Bertz CT molecular complexity index is 421. The maximum absolute atomic E-state index is 12.1. The highest BCUT2D eigenvalue weighted by Crippen LogP contribution is 2.26. The van der Waals surface area contributed by atoms with Gasteiger partial charge < -0.3 is 10.6 Å². The molecule has 0 bridgehead atoms. The first-order chi connectivity index (χ1) is 9.06. The molecular formula is C15H23ClN2O. The van der Waals surface area contributed by atoms with Crippen molar-refractivity contribution in [2.45, 2.75) is 45.4 Å². The molecule has 3 nitrogen and oxygen atoms in total. The maximum Gasteiger partial charge on any atom is 0.226 e. The summed E-state index contributed by atoms with van der Waals surface area (Å²) >= 11 is 5.93. The molecule has 19 heavy (non-hydrogen) atoms. The zero-order valence-electron chi connectivity index (χ0n) is 11.8. The van der Waals surface area contributed by atoms with Crippen LogP contribution in [0.25, 0.3) is 0 Å². The maximum atomic E-state index is 12.1. The summed E-state index contributed by atoms with van der Waals surface area (Å²) in [5.74, 6) is 0.0884. The number of halogens is 1. The lowest BCUT2D eigenvalue weighted by Gasteiger charge is -2.19. The second-order valence-corrected chi connectivity index (χ2v) is 5.26. The van der Waals surface area contributed by atoms with Crippen LogP contribution in [0.3, 0.4) is 0 Å². The lowest BCUT2D eigenvalue weighted by atomic mass is 10.1. The van der Waals surface area contributed by atoms with Crippen molar-refractivity contribution in [2.24, 2.45) is 0 Å². The van der Waals surface area contributed by atoms with E-state index in [0.29, 0.717) is 22.8 Å². The first-order valence-electron chi connectivity index (χ1n) is 6.87. The third-order valence-electron chi connectivity index (χ3n) is 3.22. The van der Waals surface area contributed by atoms with Crippen LogP contribution in [0.1, 0.15) is 45.4 Å². The van der Waals surface area contributed by atoms with Gasteiger partial charge in [-0.3, -0.25) is 4.79 Å². The lowest BCUT2D eigenvalue weighted by Crippen LogP contribution is -2.26. The van der Waals surface area contributed by atoms with Gasteiger partial charge in [0, 0.05) is 18.5 Å². The van der Waals surface area contributed by atoms with Crippen molar-refractivity contribution in [3.05, 3.63) is 23.2 Å². The Kier molecular flexibility index (Phi) is 6.71. The number of hydrogen-bond donors (Lipinski definition) is 1. The van der Waals surface area contributed by atoms with E-state index in [-0.39, 0.29) is 5.91 Å². The summed E-state index contributed by atoms with van der Waals surface area (Å²) in [5, 5.41) is 0.590. The normalized spacial score (nSPS) is 10.5. The topological polar surface area (TPSA) is 46.3 Å². The van der Waals surface area contributed by atoms with Gasteiger partial charge in [-0.25, -0.2) is 0 Å². The lowest BCUT2D eigenvalue weighted by molar-refractivity contribution is -0.118. The van der Waals surface area contributed by atoms with E-state index in [1.165, 1.54) is 19.3 Å². The van der Waals surface area contributed by atoms with Gasteiger partial charge in [0.1, 0.15) is 0 Å². The largest absolute Gasteiger partial charge is 0.397 e. The van der Waals surface area contributed by atoms with Gasteiger partial charge in [0.25, 0.3) is 0 Å². The van der Waals surface area contributed by atoms with Crippen molar-refractivity contribution in [1.29, 1.82) is 0 Å². The molecule has 0 saturated carbocycles. The summed E-state index contributed by atoms with van der Waals surface area (Å²) in [6.45, 7) is 2.18. The average molecular weight is 283 g/mol. The number of benzene rings is 1. The Labute approximate surface area is 120 Å². The third kappa shape index (κ3) is 5.11. The minimum atomic E-state index is 0.0884. The van der Waals surface area contributed by atoms with E-state index >= 15 is 0 Å². The molecule has 1 aromatic carbocycles. The van der Waals surface area contributed by atoms with E-state index in [2.05, 4.69) is 6.92 Å². The number of nitrogens with zero attached hydrogens (tertiary/aromatic N) is 1. The van der Waals surface area contributed by atoms with Crippen molar-refractivity contribution in [3.63, 3.8) is 0 Å². The summed E-state index contributed by atoms with van der Waals surface area (Å²) in [5.41, 5.74) is 7.13. The number of carbonyl (C=O) groups excluding carboxylic acids is 1. The Balaban J connectivity index is 2.50. The molecule has 1 aromatic rings. The molecule has 4 heteroatoms. The Morgan fingerprint density at radius 1 is 1.26 bits per heavy atom. The fourth-order valence-electron chi connectivity index (χ4n) is 1.99. The number of hydrogen-bond acceptors (Lipinski definition) is 2. The monoisotopic (exact) mass is 282 g/mol. The number of unbranched alkanes of at least 4 members (excludes halogenated alkanes) is 4. The van der Waals surface area contributed by atoms with Crippen LogP contribution < -0.4 is 10.6 Å². The average Bonchev–Trinajstić information content (AvgIpc) is 2.40. The van der Waals surface area contributed by atoms with E-state index in [4.69, 9.17) is 17.3 Å². The van der Waals surface area contributed by atoms with Crippen LogP contribution in [0.2, 0.25) is 5.02 Å². The van der Waals surface area contributed by atoms with Crippen LogP contribution >= 0.6 is 11.6 Å². The Morgan fingerprint density at radius 3 is 2.63 bits per heavy atom. The number of anilines is 2. The summed E-state index contributed by atoms with van der Waals surface area (Å²) in [4.78, 5) is 13.7. The molecular weight excluding hydrogens is 260 g/mol. The molecule has 0 unspecified atom stereocenters. The number of nitrogen functional groups attached to an aromatic ring is 1. The third-order valence-corrected chi connectivity index (χ3v) is 3.46. The quantitative estimate of drug-likeness (QED) is 0.600. The predicted octanol–water partition coefficient (Wildman–Crippen LogP) is 4.25. The number of carbonyl (C=O) groups is 1. The van der Waals surface area contributed by atoms with Gasteiger partial charge in [-0.05, 0) is 24.6 Å². The molecule has 1 amide bonds. The Hall–Kier alpha value is -1.22. The smallest absolute Gasteiger partial charge is 0.226 e. The van der Waals surface area contributed by atoms with Gasteiger partial charge >= 0.3 is 0 Å². The summed E-state index contributed by atoms with van der Waals surface area (Å²) in [6.07, 6.45) is 6.26. The second-order valence-electron chi connectivity index (χ2n) is 4.82. The molecule has 0 atom stereocenters. The van der Waals surface area contributed by atoms with E-state index in [0.717, 1.165) is 12.8 Å². The zero-order chi connectivity index (χ0) is 14.3. The van der Waals surface area contributed by atoms with Gasteiger partial charge in [0.05, 0.1) is 11.4 Å². The highest BCUT2D eigenvalue weighted by Gasteiger charge is 2.13. The second kappa shape index (κ2) is 8.05. The van der Waals surface area contributed by atoms with Crippen LogP contribution in [0.15, 0.2) is 18.2 Å². The van der Waals surface area contributed by atoms with Gasteiger partial charge in [0.15, 0.2) is 0 Å². The van der Waals surface area contributed by atoms with Gasteiger partial charge in [-0.2, -0.15) is 0 Å². The van der Waals surface area contributed by atoms with Crippen LogP contribution in [0.4, 0.5) is 11.4 Å². The highest BCUT2D eigenvalue weighted by atomic mass is 35.5. The van der Waals surface area contributed by atoms with E-state index in [1.54, 1.807) is 30.1 Å². The number of rotatable bonds is 7. The highest BCUT2D eigenvalue weighted by molar-refractivity contribution is 6.31. The van der Waals surface area contributed by atoms with Crippen LogP contribution in [0, 0.1) is 0 Å². The molecule has 0 radical (unpaired) electrons. The van der Waals surface area contributed by atoms with Gasteiger partial charge in [-0.15, -0.1) is 0 Å². The molecule has 0 aliphatic heterocycles. The molecule has 106 valence electrons. The molecule has 1 rings (SSSR count). The van der Waals surface area contributed by atoms with Crippen molar-refractivity contribution in [2.75, 3.05) is 17.7 Å². The van der Waals surface area contributed by atoms with Crippen molar-refractivity contribution in [1.82, 2.24) is 0 Å². The molecule has 0 heterocycles. The molecule has 2 N–H and O–H groups in total. The first-order valence-corrected chi connectivity index (χ1v) is 7.25. The van der Waals surface area contributed by atoms with Crippen LogP contribution in [-0.4, -0.2) is 13.0 Å². The summed E-state index contributed by atoms with van der Waals surface area (Å²) in [6, 6.07) is 5.18. The minimum Gasteiger partial charge on any atom is -0.397 e. The standard InChI is InChI=1S/C15H23ClN2O/c1-3-4-5-6-7-8-15(19)18(2)14-11-12(16)9-10-13(14)17/h9-11H,3-8,17H2,1-2H3. The van der Waals surface area contributed by atoms with E-state index in [1.807, 2.05) is 0 Å². The molecule has 0 fully saturated rings. The SMILES string of the molecule is CCCCCCCC(=O)N(C)c1cc(Cl)ccc1N. The summed E-state index contributed by atoms with van der Waals surface area (Å²) < 4.78 is 0. The van der Waals surface area contributed by atoms with Crippen molar-refractivity contribution < 1.29 is 4.79 Å². The van der Waals surface area contributed by atoms with Gasteiger partial charge in [-0.1, -0.05) is 44.2 Å². The molecule has 0 spiro atoms. The molecule has 0 saturated heterocycles. The predicted molar refractivity (Wildman–Crippen MR) is 82.7 cm³/mol. The molecule has 0 aromatic heterocycles. The van der Waals surface area contributed by atoms with E-state index < -0.39 is 0 Å². The van der Waals surface area contributed by atoms with Crippen molar-refractivity contribution >= 4 is 28.9 Å². The van der Waals surface area contributed by atoms with Crippen LogP contribution in [0.5, 0.6) is 0 Å². The zero-order valence-corrected chi connectivity index (χ0v) is 12.5. The number of amides is 1. The minimum absolute atomic E-state index is 0.0884. The number of nitrogens with two attached hydrogens (primary N) is 1. The fraction of sp³-hybridized carbons (Fsp3) is 0.533. The Morgan fingerprint density at radius 2 is 1.95 bits per heavy atom. The summed E-state index contributed by atoms with van der Waals surface area (Å²) in [7, 11) is 1.75. The van der Waals surface area contributed by atoms with E-state index in [9.17, 15) is 4.79 Å². The van der Waals surface area contributed by atoms with Crippen molar-refractivity contribution in [3.8, 4) is 0 Å². The fourth-order valence-corrected chi connectivity index (χ4v) is 2.16. The van der Waals surface area contributed by atoms with Crippen LogP contribution in [-0.2, 0) is 4.79 Å².